The molecule has 0 saturated heterocycles. The van der Waals surface area contributed by atoms with Gasteiger partial charge in [-0.05, 0) is 42.8 Å². The summed E-state index contributed by atoms with van der Waals surface area (Å²) >= 11 is 0. The van der Waals surface area contributed by atoms with Gasteiger partial charge in [0.05, 0.1) is 30.2 Å². The van der Waals surface area contributed by atoms with E-state index in [1.165, 1.54) is 24.3 Å². The Labute approximate surface area is 143 Å². The number of hydrogen-bond donors (Lipinski definition) is 2. The van der Waals surface area contributed by atoms with E-state index >= 15 is 0 Å². The van der Waals surface area contributed by atoms with Gasteiger partial charge in [0, 0.05) is 5.56 Å². The fourth-order valence-electron chi connectivity index (χ4n) is 2.45. The first-order valence-corrected chi connectivity index (χ1v) is 7.76. The lowest BCUT2D eigenvalue weighted by molar-refractivity contribution is 0.0852. The van der Waals surface area contributed by atoms with Gasteiger partial charge in [0.1, 0.15) is 5.82 Å². The molecular weight excluding hydrogens is 323 g/mol. The number of rotatable bonds is 5. The number of hydrogen-bond acceptors (Lipinski definition) is 4. The lowest BCUT2D eigenvalue weighted by Crippen LogP contribution is -2.37. The van der Waals surface area contributed by atoms with E-state index in [4.69, 9.17) is 0 Å². The van der Waals surface area contributed by atoms with E-state index < -0.39 is 12.1 Å². The van der Waals surface area contributed by atoms with Gasteiger partial charge in [-0.3, -0.25) is 4.79 Å². The van der Waals surface area contributed by atoms with Crippen molar-refractivity contribution < 1.29 is 14.3 Å². The molecule has 0 radical (unpaired) electrons. The number of benzene rings is 2. The maximum Gasteiger partial charge on any atom is 0.251 e. The SMILES string of the molecule is CC(NC(=O)c1cccc(-n2ccnn2)c1)C(O)c1ccc(F)cc1. The van der Waals surface area contributed by atoms with Crippen LogP contribution in [0, 0.1) is 5.82 Å². The third-order valence-electron chi connectivity index (χ3n) is 3.84. The molecule has 2 N–H and O–H groups in total. The highest BCUT2D eigenvalue weighted by atomic mass is 19.1. The first kappa shape index (κ1) is 16.8. The molecule has 1 aromatic heterocycles. The summed E-state index contributed by atoms with van der Waals surface area (Å²) < 4.78 is 14.5. The summed E-state index contributed by atoms with van der Waals surface area (Å²) in [6, 6.07) is 11.9. The topological polar surface area (TPSA) is 80.0 Å². The Balaban J connectivity index is 1.71. The van der Waals surface area contributed by atoms with Crippen molar-refractivity contribution >= 4 is 5.91 Å². The molecule has 2 aromatic carbocycles. The summed E-state index contributed by atoms with van der Waals surface area (Å²) in [6.45, 7) is 1.69. The molecule has 128 valence electrons. The van der Waals surface area contributed by atoms with Crippen LogP contribution < -0.4 is 5.32 Å². The molecule has 0 fully saturated rings. The fourth-order valence-corrected chi connectivity index (χ4v) is 2.45. The number of nitrogens with one attached hydrogen (secondary N) is 1. The van der Waals surface area contributed by atoms with Crippen LogP contribution in [0.1, 0.15) is 28.9 Å². The van der Waals surface area contributed by atoms with E-state index in [1.54, 1.807) is 42.2 Å². The third-order valence-corrected chi connectivity index (χ3v) is 3.84. The Morgan fingerprint density at radius 2 is 2.00 bits per heavy atom. The average molecular weight is 340 g/mol. The van der Waals surface area contributed by atoms with Gasteiger partial charge >= 0.3 is 0 Å². The number of aromatic nitrogens is 3. The van der Waals surface area contributed by atoms with Crippen molar-refractivity contribution in [2.75, 3.05) is 0 Å². The molecule has 0 aliphatic heterocycles. The summed E-state index contributed by atoms with van der Waals surface area (Å²) in [7, 11) is 0. The second kappa shape index (κ2) is 7.23. The number of nitrogens with zero attached hydrogens (tertiary/aromatic N) is 3. The molecule has 0 bridgehead atoms. The van der Waals surface area contributed by atoms with E-state index in [-0.39, 0.29) is 11.7 Å². The fraction of sp³-hybridized carbons (Fsp3) is 0.167. The third kappa shape index (κ3) is 3.89. The molecule has 2 atom stereocenters. The molecular formula is C18H17FN4O2. The minimum Gasteiger partial charge on any atom is -0.386 e. The number of carbonyl (C=O) groups is 1. The second-order valence-corrected chi connectivity index (χ2v) is 5.66. The van der Waals surface area contributed by atoms with Gasteiger partial charge in [0.2, 0.25) is 0 Å². The Morgan fingerprint density at radius 1 is 1.24 bits per heavy atom. The van der Waals surface area contributed by atoms with Crippen LogP contribution in [0.2, 0.25) is 0 Å². The Hall–Kier alpha value is -3.06. The molecule has 0 aliphatic rings. The van der Waals surface area contributed by atoms with Crippen LogP contribution in [0.4, 0.5) is 4.39 Å². The minimum atomic E-state index is -0.942. The maximum absolute atomic E-state index is 13.0. The molecule has 6 nitrogen and oxygen atoms in total. The van der Waals surface area contributed by atoms with E-state index in [9.17, 15) is 14.3 Å². The van der Waals surface area contributed by atoms with Gasteiger partial charge in [0.15, 0.2) is 0 Å². The number of halogens is 1. The van der Waals surface area contributed by atoms with Crippen LogP contribution in [0.5, 0.6) is 0 Å². The normalized spacial score (nSPS) is 13.2. The second-order valence-electron chi connectivity index (χ2n) is 5.66. The summed E-state index contributed by atoms with van der Waals surface area (Å²) in [5.74, 6) is -0.701. The highest BCUT2D eigenvalue weighted by Gasteiger charge is 2.19. The van der Waals surface area contributed by atoms with Crippen molar-refractivity contribution in [2.45, 2.75) is 19.1 Å². The van der Waals surface area contributed by atoms with E-state index in [2.05, 4.69) is 15.6 Å². The zero-order valence-electron chi connectivity index (χ0n) is 13.5. The van der Waals surface area contributed by atoms with Crippen LogP contribution in [-0.2, 0) is 0 Å². The van der Waals surface area contributed by atoms with Crippen molar-refractivity contribution in [1.29, 1.82) is 0 Å². The number of aliphatic hydroxyl groups excluding tert-OH is 1. The molecule has 0 saturated carbocycles. The highest BCUT2D eigenvalue weighted by molar-refractivity contribution is 5.94. The molecule has 0 aliphatic carbocycles. The average Bonchev–Trinajstić information content (AvgIpc) is 3.16. The largest absolute Gasteiger partial charge is 0.386 e. The van der Waals surface area contributed by atoms with Crippen molar-refractivity contribution in [2.24, 2.45) is 0 Å². The monoisotopic (exact) mass is 340 g/mol. The quantitative estimate of drug-likeness (QED) is 0.747. The predicted molar refractivity (Wildman–Crippen MR) is 89.6 cm³/mol. The van der Waals surface area contributed by atoms with Crippen molar-refractivity contribution in [3.8, 4) is 5.69 Å². The van der Waals surface area contributed by atoms with E-state index in [0.717, 1.165) is 0 Å². The minimum absolute atomic E-state index is 0.323. The number of carbonyl (C=O) groups excluding carboxylic acids is 1. The molecule has 1 amide bonds. The Morgan fingerprint density at radius 3 is 2.68 bits per heavy atom. The Bertz CT molecular complexity index is 850. The van der Waals surface area contributed by atoms with Gasteiger partial charge in [-0.2, -0.15) is 0 Å². The van der Waals surface area contributed by atoms with E-state index in [0.29, 0.717) is 16.8 Å². The molecule has 2 unspecified atom stereocenters. The van der Waals surface area contributed by atoms with Crippen molar-refractivity contribution in [3.05, 3.63) is 77.9 Å². The standard InChI is InChI=1S/C18H17FN4O2/c1-12(17(24)13-5-7-15(19)8-6-13)21-18(25)14-3-2-4-16(11-14)23-10-9-20-22-23/h2-12,17,24H,1H3,(H,21,25). The Kier molecular flexibility index (Phi) is 4.85. The van der Waals surface area contributed by atoms with Crippen molar-refractivity contribution in [3.63, 3.8) is 0 Å². The first-order valence-electron chi connectivity index (χ1n) is 7.76. The lowest BCUT2D eigenvalue weighted by atomic mass is 10.0. The molecule has 3 rings (SSSR count). The van der Waals surface area contributed by atoms with Crippen LogP contribution in [0.25, 0.3) is 5.69 Å². The molecule has 3 aromatic rings. The van der Waals surface area contributed by atoms with Gasteiger partial charge in [0.25, 0.3) is 5.91 Å². The van der Waals surface area contributed by atoms with Crippen LogP contribution in [0.3, 0.4) is 0 Å². The summed E-state index contributed by atoms with van der Waals surface area (Å²) in [6.07, 6.45) is 2.29. The summed E-state index contributed by atoms with van der Waals surface area (Å²) in [4.78, 5) is 12.4. The van der Waals surface area contributed by atoms with E-state index in [1.807, 2.05) is 6.07 Å². The van der Waals surface area contributed by atoms with Crippen LogP contribution >= 0.6 is 0 Å². The van der Waals surface area contributed by atoms with Gasteiger partial charge in [-0.1, -0.05) is 23.4 Å². The first-order chi connectivity index (χ1) is 12.0. The maximum atomic E-state index is 13.0. The van der Waals surface area contributed by atoms with Gasteiger partial charge in [-0.15, -0.1) is 5.10 Å². The zero-order chi connectivity index (χ0) is 17.8. The summed E-state index contributed by atoms with van der Waals surface area (Å²) in [5, 5.41) is 20.7. The molecule has 7 heteroatoms. The zero-order valence-corrected chi connectivity index (χ0v) is 13.5. The summed E-state index contributed by atoms with van der Waals surface area (Å²) in [5.41, 5.74) is 1.67. The van der Waals surface area contributed by atoms with Gasteiger partial charge in [-0.25, -0.2) is 9.07 Å². The van der Waals surface area contributed by atoms with Crippen LogP contribution in [0.15, 0.2) is 60.9 Å². The molecule has 0 spiro atoms. The molecule has 25 heavy (non-hydrogen) atoms. The van der Waals surface area contributed by atoms with Gasteiger partial charge < -0.3 is 10.4 Å². The predicted octanol–water partition coefficient (Wildman–Crippen LogP) is 2.26. The van der Waals surface area contributed by atoms with Crippen molar-refractivity contribution in [1.82, 2.24) is 20.3 Å². The number of aliphatic hydroxyl groups is 1. The highest BCUT2D eigenvalue weighted by Crippen LogP contribution is 2.18. The molecule has 1 heterocycles. The lowest BCUT2D eigenvalue weighted by Gasteiger charge is -2.21. The van der Waals surface area contributed by atoms with Crippen LogP contribution in [-0.4, -0.2) is 32.0 Å². The smallest absolute Gasteiger partial charge is 0.251 e. The number of amides is 1.